The van der Waals surface area contributed by atoms with Crippen LogP contribution < -0.4 is 0 Å². The fourth-order valence-electron chi connectivity index (χ4n) is 9.74. The van der Waals surface area contributed by atoms with Gasteiger partial charge in [0.15, 0.2) is 5.79 Å². The summed E-state index contributed by atoms with van der Waals surface area (Å²) in [5.41, 5.74) is 2.22. The summed E-state index contributed by atoms with van der Waals surface area (Å²) in [4.78, 5) is 0. The van der Waals surface area contributed by atoms with Gasteiger partial charge >= 0.3 is 0 Å². The third-order valence-corrected chi connectivity index (χ3v) is 11.5. The van der Waals surface area contributed by atoms with Gasteiger partial charge in [-0.1, -0.05) is 32.4 Å². The van der Waals surface area contributed by atoms with E-state index < -0.39 is 5.79 Å². The normalized spacial score (nSPS) is 58.3. The van der Waals surface area contributed by atoms with Crippen LogP contribution in [0.4, 0.5) is 0 Å². The molecule has 174 valence electrons. The first-order chi connectivity index (χ1) is 14.8. The lowest BCUT2D eigenvalue weighted by molar-refractivity contribution is -0.275. The molecule has 4 heteroatoms. The molecular weight excluding hydrogens is 388 g/mol. The summed E-state index contributed by atoms with van der Waals surface area (Å²) in [6.07, 6.45) is 12.8. The summed E-state index contributed by atoms with van der Waals surface area (Å²) in [5, 5.41) is 19.8. The Balaban J connectivity index is 1.26. The second kappa shape index (κ2) is 7.04. The van der Waals surface area contributed by atoms with Crippen LogP contribution in [0.5, 0.6) is 0 Å². The minimum Gasteiger partial charge on any atom is -0.396 e. The summed E-state index contributed by atoms with van der Waals surface area (Å²) in [6.45, 7) is 8.37. The molecular formula is C27H42O4. The highest BCUT2D eigenvalue weighted by molar-refractivity contribution is 5.26. The Labute approximate surface area is 187 Å². The van der Waals surface area contributed by atoms with Crippen molar-refractivity contribution in [3.8, 4) is 0 Å². The lowest BCUT2D eigenvalue weighted by Crippen LogP contribution is -2.52. The van der Waals surface area contributed by atoms with Crippen molar-refractivity contribution < 1.29 is 19.7 Å². The molecule has 0 bridgehead atoms. The average molecular weight is 431 g/mol. The van der Waals surface area contributed by atoms with Gasteiger partial charge in [-0.25, -0.2) is 0 Å². The van der Waals surface area contributed by atoms with E-state index in [1.54, 1.807) is 5.57 Å². The van der Waals surface area contributed by atoms with Crippen molar-refractivity contribution in [1.29, 1.82) is 0 Å². The van der Waals surface area contributed by atoms with E-state index >= 15 is 0 Å². The largest absolute Gasteiger partial charge is 0.396 e. The second-order valence-corrected chi connectivity index (χ2v) is 12.6. The van der Waals surface area contributed by atoms with Crippen LogP contribution in [0, 0.1) is 46.3 Å². The second-order valence-electron chi connectivity index (χ2n) is 12.6. The summed E-state index contributed by atoms with van der Waals surface area (Å²) >= 11 is 0. The van der Waals surface area contributed by atoms with Crippen LogP contribution in [0.2, 0.25) is 0 Å². The van der Waals surface area contributed by atoms with Crippen LogP contribution >= 0.6 is 0 Å². The number of rotatable bonds is 1. The van der Waals surface area contributed by atoms with Crippen molar-refractivity contribution in [3.05, 3.63) is 11.6 Å². The first-order valence-corrected chi connectivity index (χ1v) is 13.1. The monoisotopic (exact) mass is 430 g/mol. The number of hydrogen-bond donors (Lipinski definition) is 2. The van der Waals surface area contributed by atoms with Crippen LogP contribution in [0.3, 0.4) is 0 Å². The predicted molar refractivity (Wildman–Crippen MR) is 119 cm³/mol. The zero-order valence-corrected chi connectivity index (χ0v) is 19.7. The summed E-state index contributed by atoms with van der Waals surface area (Å²) in [6, 6.07) is 0. The first-order valence-electron chi connectivity index (χ1n) is 13.1. The Hall–Kier alpha value is -0.420. The molecule has 2 aliphatic heterocycles. The van der Waals surface area contributed by atoms with E-state index in [2.05, 4.69) is 26.8 Å². The summed E-state index contributed by atoms with van der Waals surface area (Å²) in [7, 11) is 0. The smallest absolute Gasteiger partial charge is 0.171 e. The van der Waals surface area contributed by atoms with Gasteiger partial charge < -0.3 is 19.7 Å². The van der Waals surface area contributed by atoms with E-state index in [0.29, 0.717) is 35.4 Å². The Morgan fingerprint density at radius 1 is 1.10 bits per heavy atom. The third-order valence-electron chi connectivity index (χ3n) is 11.5. The molecule has 0 radical (unpaired) electrons. The summed E-state index contributed by atoms with van der Waals surface area (Å²) in [5.74, 6) is 3.18. The Morgan fingerprint density at radius 2 is 1.94 bits per heavy atom. The zero-order valence-electron chi connectivity index (χ0n) is 19.7. The fourth-order valence-corrected chi connectivity index (χ4v) is 9.74. The van der Waals surface area contributed by atoms with Crippen LogP contribution in [-0.2, 0) is 9.47 Å². The number of ether oxygens (including phenoxy) is 2. The SMILES string of the molecule is CC1C2C(CC3C4CC=C5CC(O)CCC5(C)C4CCC32C)OC12CCC(CO)CO2. The third kappa shape index (κ3) is 2.80. The van der Waals surface area contributed by atoms with Gasteiger partial charge in [-0.05, 0) is 85.9 Å². The molecule has 0 aromatic heterocycles. The standard InChI is InChI=1S/C27H42O4/c1-16-24-23(31-27(16)11-6-17(14-28)15-30-27)13-22-20-5-4-18-12-19(29)7-9-25(18,2)21(20)8-10-26(22,24)3/h4,16-17,19-24,28-29H,5-15H2,1-3H3. The number of hydrogen-bond acceptors (Lipinski definition) is 4. The molecule has 11 unspecified atom stereocenters. The molecule has 2 saturated heterocycles. The molecule has 1 spiro atoms. The first kappa shape index (κ1) is 21.1. The highest BCUT2D eigenvalue weighted by Crippen LogP contribution is 2.70. The fraction of sp³-hybridized carbons (Fsp3) is 0.926. The molecule has 2 heterocycles. The lowest BCUT2D eigenvalue weighted by Gasteiger charge is -2.58. The minimum atomic E-state index is -0.406. The number of aliphatic hydroxyl groups excluding tert-OH is 2. The van der Waals surface area contributed by atoms with E-state index in [1.807, 2.05) is 0 Å². The molecule has 31 heavy (non-hydrogen) atoms. The minimum absolute atomic E-state index is 0.123. The molecule has 11 atom stereocenters. The van der Waals surface area contributed by atoms with Crippen LogP contribution in [-0.4, -0.2) is 41.4 Å². The van der Waals surface area contributed by atoms with Gasteiger partial charge in [0.2, 0.25) is 0 Å². The molecule has 4 nitrogen and oxygen atoms in total. The van der Waals surface area contributed by atoms with Gasteiger partial charge in [-0.2, -0.15) is 0 Å². The van der Waals surface area contributed by atoms with Crippen molar-refractivity contribution in [2.45, 2.75) is 96.6 Å². The molecule has 5 fully saturated rings. The van der Waals surface area contributed by atoms with E-state index in [-0.39, 0.29) is 18.6 Å². The van der Waals surface area contributed by atoms with Crippen molar-refractivity contribution in [2.24, 2.45) is 46.3 Å². The molecule has 6 aliphatic rings. The topological polar surface area (TPSA) is 58.9 Å². The van der Waals surface area contributed by atoms with E-state index in [0.717, 1.165) is 49.9 Å². The van der Waals surface area contributed by atoms with Gasteiger partial charge in [0.1, 0.15) is 0 Å². The van der Waals surface area contributed by atoms with Gasteiger partial charge in [0.25, 0.3) is 0 Å². The van der Waals surface area contributed by atoms with E-state index in [4.69, 9.17) is 9.47 Å². The van der Waals surface area contributed by atoms with Crippen molar-refractivity contribution in [1.82, 2.24) is 0 Å². The predicted octanol–water partition coefficient (Wildman–Crippen LogP) is 4.69. The Bertz CT molecular complexity index is 754. The zero-order chi connectivity index (χ0) is 21.6. The van der Waals surface area contributed by atoms with Gasteiger partial charge in [-0.15, -0.1) is 0 Å². The molecule has 4 aliphatic carbocycles. The van der Waals surface area contributed by atoms with Gasteiger partial charge in [0, 0.05) is 24.9 Å². The quantitative estimate of drug-likeness (QED) is 0.593. The van der Waals surface area contributed by atoms with Crippen molar-refractivity contribution >= 4 is 0 Å². The van der Waals surface area contributed by atoms with Crippen molar-refractivity contribution in [2.75, 3.05) is 13.2 Å². The van der Waals surface area contributed by atoms with Crippen molar-refractivity contribution in [3.63, 3.8) is 0 Å². The molecule has 0 aromatic carbocycles. The molecule has 0 amide bonds. The Morgan fingerprint density at radius 3 is 2.68 bits per heavy atom. The average Bonchev–Trinajstić information content (AvgIpc) is 3.20. The number of aliphatic hydroxyl groups is 2. The maximum Gasteiger partial charge on any atom is 0.171 e. The van der Waals surface area contributed by atoms with Crippen LogP contribution in [0.1, 0.15) is 78.6 Å². The van der Waals surface area contributed by atoms with Gasteiger partial charge in [-0.3, -0.25) is 0 Å². The highest BCUT2D eigenvalue weighted by atomic mass is 16.7. The maximum absolute atomic E-state index is 10.3. The number of allylic oxidation sites excluding steroid dienone is 1. The lowest BCUT2D eigenvalue weighted by atomic mass is 9.47. The van der Waals surface area contributed by atoms with E-state index in [9.17, 15) is 10.2 Å². The molecule has 6 rings (SSSR count). The van der Waals surface area contributed by atoms with E-state index in [1.165, 1.54) is 25.7 Å². The molecule has 2 N–H and O–H groups in total. The number of fused-ring (bicyclic) bond motifs is 7. The van der Waals surface area contributed by atoms with Crippen LogP contribution in [0.25, 0.3) is 0 Å². The molecule has 3 saturated carbocycles. The van der Waals surface area contributed by atoms with Crippen LogP contribution in [0.15, 0.2) is 11.6 Å². The Kier molecular flexibility index (Phi) is 4.80. The summed E-state index contributed by atoms with van der Waals surface area (Å²) < 4.78 is 13.2. The van der Waals surface area contributed by atoms with Gasteiger partial charge in [0.05, 0.1) is 18.8 Å². The molecule has 0 aromatic rings. The highest BCUT2D eigenvalue weighted by Gasteiger charge is 2.68. The maximum atomic E-state index is 10.3.